The van der Waals surface area contributed by atoms with Gasteiger partial charge in [0.05, 0.1) is 6.20 Å². The molecule has 0 N–H and O–H groups in total. The van der Waals surface area contributed by atoms with Gasteiger partial charge in [0.25, 0.3) is 0 Å². The second-order valence-electron chi connectivity index (χ2n) is 4.41. The second kappa shape index (κ2) is 6.80. The van der Waals surface area contributed by atoms with E-state index in [9.17, 15) is 0 Å². The van der Waals surface area contributed by atoms with Crippen LogP contribution in [0.4, 0.5) is 0 Å². The number of ether oxygens (including phenoxy) is 1. The van der Waals surface area contributed by atoms with Crippen LogP contribution in [-0.4, -0.2) is 4.98 Å². The van der Waals surface area contributed by atoms with Crippen molar-refractivity contribution in [2.75, 3.05) is 0 Å². The first-order chi connectivity index (χ1) is 8.88. The van der Waals surface area contributed by atoms with Gasteiger partial charge in [-0.1, -0.05) is 43.7 Å². The Hall–Kier alpha value is -1.83. The molecule has 0 saturated heterocycles. The van der Waals surface area contributed by atoms with Crippen molar-refractivity contribution in [1.29, 1.82) is 0 Å². The van der Waals surface area contributed by atoms with E-state index < -0.39 is 0 Å². The summed E-state index contributed by atoms with van der Waals surface area (Å²) >= 11 is 0. The standard InChI is InChI=1S/C16H19NO/c1-2-3-7-15-10-16(12-17-11-15)18-13-14-8-5-4-6-9-14/h4-6,8-12H,2-3,7,13H2,1H3. The average molecular weight is 241 g/mol. The molecule has 0 spiro atoms. The number of rotatable bonds is 6. The number of unbranched alkanes of at least 4 members (excludes halogenated alkanes) is 1. The zero-order chi connectivity index (χ0) is 12.6. The molecular formula is C16H19NO. The molecule has 0 aliphatic heterocycles. The SMILES string of the molecule is CCCCc1cncc(OCc2ccccc2)c1. The lowest BCUT2D eigenvalue weighted by Gasteiger charge is -2.07. The number of benzene rings is 1. The van der Waals surface area contributed by atoms with Crippen molar-refractivity contribution in [1.82, 2.24) is 4.98 Å². The Balaban J connectivity index is 1.93. The Morgan fingerprint density at radius 1 is 1.06 bits per heavy atom. The van der Waals surface area contributed by atoms with Crippen LogP contribution in [0.3, 0.4) is 0 Å². The largest absolute Gasteiger partial charge is 0.487 e. The first kappa shape index (κ1) is 12.6. The van der Waals surface area contributed by atoms with E-state index in [-0.39, 0.29) is 0 Å². The Morgan fingerprint density at radius 3 is 2.67 bits per heavy atom. The van der Waals surface area contributed by atoms with Gasteiger partial charge in [-0.2, -0.15) is 0 Å². The number of aromatic nitrogens is 1. The van der Waals surface area contributed by atoms with Gasteiger partial charge in [0.15, 0.2) is 0 Å². The Labute approximate surface area is 109 Å². The zero-order valence-electron chi connectivity index (χ0n) is 10.8. The van der Waals surface area contributed by atoms with Crippen LogP contribution in [0.5, 0.6) is 5.75 Å². The first-order valence-electron chi connectivity index (χ1n) is 6.49. The maximum Gasteiger partial charge on any atom is 0.138 e. The minimum absolute atomic E-state index is 0.597. The number of nitrogens with zero attached hydrogens (tertiary/aromatic N) is 1. The summed E-state index contributed by atoms with van der Waals surface area (Å²) in [4.78, 5) is 4.22. The van der Waals surface area contributed by atoms with Gasteiger partial charge < -0.3 is 4.74 Å². The smallest absolute Gasteiger partial charge is 0.138 e. The van der Waals surface area contributed by atoms with Gasteiger partial charge >= 0.3 is 0 Å². The topological polar surface area (TPSA) is 22.1 Å². The number of aryl methyl sites for hydroxylation is 1. The van der Waals surface area contributed by atoms with Crippen LogP contribution >= 0.6 is 0 Å². The fourth-order valence-corrected chi connectivity index (χ4v) is 1.80. The molecule has 18 heavy (non-hydrogen) atoms. The number of hydrogen-bond donors (Lipinski definition) is 0. The van der Waals surface area contributed by atoms with E-state index in [0.29, 0.717) is 6.61 Å². The molecule has 1 heterocycles. The van der Waals surface area contributed by atoms with E-state index in [0.717, 1.165) is 12.2 Å². The molecule has 0 amide bonds. The predicted octanol–water partition coefficient (Wildman–Crippen LogP) is 4.00. The highest BCUT2D eigenvalue weighted by Gasteiger charge is 1.99. The lowest BCUT2D eigenvalue weighted by Crippen LogP contribution is -1.96. The van der Waals surface area contributed by atoms with Gasteiger partial charge in [-0.3, -0.25) is 4.98 Å². The van der Waals surface area contributed by atoms with Crippen LogP contribution in [0.15, 0.2) is 48.8 Å². The summed E-state index contributed by atoms with van der Waals surface area (Å²) in [6.07, 6.45) is 7.17. The monoisotopic (exact) mass is 241 g/mol. The van der Waals surface area contributed by atoms with Crippen molar-refractivity contribution in [3.05, 3.63) is 59.9 Å². The van der Waals surface area contributed by atoms with Crippen LogP contribution in [0.2, 0.25) is 0 Å². The lowest BCUT2D eigenvalue weighted by molar-refractivity contribution is 0.304. The van der Waals surface area contributed by atoms with Crippen LogP contribution in [0, 0.1) is 0 Å². The fraction of sp³-hybridized carbons (Fsp3) is 0.312. The molecule has 0 bridgehead atoms. The number of pyridine rings is 1. The van der Waals surface area contributed by atoms with E-state index in [1.54, 1.807) is 6.20 Å². The summed E-state index contributed by atoms with van der Waals surface area (Å²) < 4.78 is 5.75. The molecule has 2 rings (SSSR count). The molecule has 0 aliphatic carbocycles. The highest BCUT2D eigenvalue weighted by atomic mass is 16.5. The van der Waals surface area contributed by atoms with Gasteiger partial charge in [0, 0.05) is 6.20 Å². The van der Waals surface area contributed by atoms with Gasteiger partial charge in [-0.05, 0) is 30.0 Å². The minimum atomic E-state index is 0.597. The van der Waals surface area contributed by atoms with Crippen molar-refractivity contribution >= 4 is 0 Å². The lowest BCUT2D eigenvalue weighted by atomic mass is 10.1. The third-order valence-electron chi connectivity index (χ3n) is 2.84. The third kappa shape index (κ3) is 3.88. The number of hydrogen-bond acceptors (Lipinski definition) is 2. The van der Waals surface area contributed by atoms with Crippen LogP contribution in [0.25, 0.3) is 0 Å². The van der Waals surface area contributed by atoms with E-state index in [4.69, 9.17) is 4.74 Å². The molecule has 94 valence electrons. The molecule has 0 saturated carbocycles. The average Bonchev–Trinajstić information content (AvgIpc) is 2.44. The Morgan fingerprint density at radius 2 is 1.89 bits per heavy atom. The quantitative estimate of drug-likeness (QED) is 0.762. The summed E-state index contributed by atoms with van der Waals surface area (Å²) in [5.74, 6) is 0.854. The first-order valence-corrected chi connectivity index (χ1v) is 6.49. The minimum Gasteiger partial charge on any atom is -0.487 e. The van der Waals surface area contributed by atoms with Crippen molar-refractivity contribution in [3.8, 4) is 5.75 Å². The van der Waals surface area contributed by atoms with Crippen LogP contribution < -0.4 is 4.74 Å². The third-order valence-corrected chi connectivity index (χ3v) is 2.84. The highest BCUT2D eigenvalue weighted by molar-refractivity contribution is 5.24. The van der Waals surface area contributed by atoms with Crippen molar-refractivity contribution < 1.29 is 4.74 Å². The highest BCUT2D eigenvalue weighted by Crippen LogP contribution is 2.15. The van der Waals surface area contributed by atoms with E-state index >= 15 is 0 Å². The summed E-state index contributed by atoms with van der Waals surface area (Å²) in [6, 6.07) is 12.3. The van der Waals surface area contributed by atoms with Gasteiger partial charge in [0.1, 0.15) is 12.4 Å². The summed E-state index contributed by atoms with van der Waals surface area (Å²) in [6.45, 7) is 2.79. The van der Waals surface area contributed by atoms with Crippen molar-refractivity contribution in [2.45, 2.75) is 32.8 Å². The van der Waals surface area contributed by atoms with Gasteiger partial charge in [0.2, 0.25) is 0 Å². The second-order valence-corrected chi connectivity index (χ2v) is 4.41. The van der Waals surface area contributed by atoms with Gasteiger partial charge in [-0.25, -0.2) is 0 Å². The Kier molecular flexibility index (Phi) is 4.77. The fourth-order valence-electron chi connectivity index (χ4n) is 1.80. The predicted molar refractivity (Wildman–Crippen MR) is 73.6 cm³/mol. The summed E-state index contributed by atoms with van der Waals surface area (Å²) in [7, 11) is 0. The normalized spacial score (nSPS) is 10.3. The molecular weight excluding hydrogens is 222 g/mol. The summed E-state index contributed by atoms with van der Waals surface area (Å²) in [5.41, 5.74) is 2.43. The molecule has 0 aliphatic rings. The van der Waals surface area contributed by atoms with Crippen LogP contribution in [-0.2, 0) is 13.0 Å². The molecule has 2 heteroatoms. The zero-order valence-corrected chi connectivity index (χ0v) is 10.8. The molecule has 2 aromatic rings. The molecule has 0 unspecified atom stereocenters. The van der Waals surface area contributed by atoms with E-state index in [1.807, 2.05) is 24.4 Å². The molecule has 1 aromatic heterocycles. The van der Waals surface area contributed by atoms with E-state index in [2.05, 4.69) is 30.1 Å². The Bertz CT molecular complexity index is 468. The van der Waals surface area contributed by atoms with Crippen molar-refractivity contribution in [2.24, 2.45) is 0 Å². The molecule has 0 fully saturated rings. The maximum atomic E-state index is 5.75. The van der Waals surface area contributed by atoms with E-state index in [1.165, 1.54) is 24.0 Å². The molecule has 2 nitrogen and oxygen atoms in total. The summed E-state index contributed by atoms with van der Waals surface area (Å²) in [5, 5.41) is 0. The molecule has 1 aromatic carbocycles. The van der Waals surface area contributed by atoms with Gasteiger partial charge in [-0.15, -0.1) is 0 Å². The van der Waals surface area contributed by atoms with Crippen molar-refractivity contribution in [3.63, 3.8) is 0 Å². The maximum absolute atomic E-state index is 5.75. The molecule has 0 atom stereocenters. The van der Waals surface area contributed by atoms with Crippen LogP contribution in [0.1, 0.15) is 30.9 Å². The molecule has 0 radical (unpaired) electrons.